The van der Waals surface area contributed by atoms with Gasteiger partial charge in [-0.15, -0.1) is 0 Å². The van der Waals surface area contributed by atoms with E-state index in [1.54, 1.807) is 18.6 Å². The van der Waals surface area contributed by atoms with E-state index in [1.165, 1.54) is 49.8 Å². The van der Waals surface area contributed by atoms with Crippen LogP contribution in [-0.2, 0) is 16.6 Å². The third-order valence-electron chi connectivity index (χ3n) is 10.5. The molecule has 1 amide bonds. The van der Waals surface area contributed by atoms with Gasteiger partial charge in [-0.3, -0.25) is 9.69 Å². The average molecular weight is 473 g/mol. The van der Waals surface area contributed by atoms with E-state index in [0.717, 1.165) is 37.3 Å². The molecule has 2 aromatic rings. The summed E-state index contributed by atoms with van der Waals surface area (Å²) in [5.41, 5.74) is 4.03. The lowest BCUT2D eigenvalue weighted by Gasteiger charge is -2.67. The van der Waals surface area contributed by atoms with Crippen LogP contribution in [0.15, 0.2) is 47.3 Å². The highest BCUT2D eigenvalue weighted by atomic mass is 16.3. The van der Waals surface area contributed by atoms with E-state index in [2.05, 4.69) is 17.0 Å². The highest BCUT2D eigenvalue weighted by Gasteiger charge is 2.69. The minimum absolute atomic E-state index is 0.0518. The van der Waals surface area contributed by atoms with Crippen molar-refractivity contribution in [2.24, 2.45) is 17.3 Å². The number of hydrogen-bond acceptors (Lipinski definition) is 4. The number of phenolic OH excluding ortho intramolecular Hbond substituents is 1. The first kappa shape index (κ1) is 21.7. The second-order valence-corrected chi connectivity index (χ2v) is 12.1. The standard InChI is InChI=1S/C30H36N2O3/c1-31(28(34)9-4-21-10-13-35-19-21)26-17-29-11-12-32(18-20-2-3-20)27-8-6-23(26)16-30(27,29)15-22-5-7-24(33)14-25(22)29/h4-5,7,9-10,13-14,19-20,23,26-27,33H,2-3,6,8,11-12,15-18H2,1H3/t23-,26+,27+,29-,30-/m1/s1. The Morgan fingerprint density at radius 2 is 2.11 bits per heavy atom. The molecule has 1 aliphatic heterocycles. The summed E-state index contributed by atoms with van der Waals surface area (Å²) in [5.74, 6) is 1.91. The van der Waals surface area contributed by atoms with Crippen LogP contribution < -0.4 is 0 Å². The monoisotopic (exact) mass is 472 g/mol. The van der Waals surface area contributed by atoms with Crippen molar-refractivity contribution >= 4 is 12.0 Å². The molecule has 1 N–H and O–H groups in total. The van der Waals surface area contributed by atoms with Crippen LogP contribution in [0.25, 0.3) is 6.08 Å². The van der Waals surface area contributed by atoms with E-state index < -0.39 is 0 Å². The van der Waals surface area contributed by atoms with Crippen LogP contribution in [0.1, 0.15) is 61.6 Å². The van der Waals surface area contributed by atoms with Gasteiger partial charge in [0.25, 0.3) is 0 Å². The molecule has 3 saturated carbocycles. The third kappa shape index (κ3) is 3.20. The molecule has 184 valence electrons. The summed E-state index contributed by atoms with van der Waals surface area (Å²) >= 11 is 0. The van der Waals surface area contributed by atoms with Crippen LogP contribution in [0.5, 0.6) is 5.75 Å². The molecule has 4 fully saturated rings. The van der Waals surface area contributed by atoms with Gasteiger partial charge in [0.2, 0.25) is 5.91 Å². The quantitative estimate of drug-likeness (QED) is 0.623. The summed E-state index contributed by atoms with van der Waals surface area (Å²) in [6.45, 7) is 2.42. The molecule has 1 spiro atoms. The topological polar surface area (TPSA) is 56.9 Å². The summed E-state index contributed by atoms with van der Waals surface area (Å²) < 4.78 is 5.15. The summed E-state index contributed by atoms with van der Waals surface area (Å²) in [6.07, 6.45) is 16.6. The summed E-state index contributed by atoms with van der Waals surface area (Å²) in [6, 6.07) is 8.87. The molecule has 5 nitrogen and oxygen atoms in total. The zero-order chi connectivity index (χ0) is 23.8. The molecule has 5 aliphatic rings. The van der Waals surface area contributed by atoms with Crippen molar-refractivity contribution in [1.82, 2.24) is 9.80 Å². The van der Waals surface area contributed by atoms with Crippen molar-refractivity contribution in [2.75, 3.05) is 20.1 Å². The fourth-order valence-corrected chi connectivity index (χ4v) is 8.80. The van der Waals surface area contributed by atoms with Crippen molar-refractivity contribution < 1.29 is 14.3 Å². The van der Waals surface area contributed by atoms with Gasteiger partial charge in [0, 0.05) is 48.1 Å². The SMILES string of the molecule is CN(C(=O)C=Cc1ccoc1)[C@H]1C[C@@]23CCN(CC4CC4)[C@H]4CC[C@@H]1C[C@]42Cc1ccc(O)cc13. The first-order chi connectivity index (χ1) is 17.0. The number of furan rings is 1. The summed E-state index contributed by atoms with van der Waals surface area (Å²) in [7, 11) is 2.00. The molecule has 35 heavy (non-hydrogen) atoms. The van der Waals surface area contributed by atoms with Crippen molar-refractivity contribution in [1.29, 1.82) is 0 Å². The smallest absolute Gasteiger partial charge is 0.246 e. The Morgan fingerprint density at radius 3 is 2.91 bits per heavy atom. The Labute approximate surface area is 207 Å². The number of carbonyl (C=O) groups is 1. The fourth-order valence-electron chi connectivity index (χ4n) is 8.80. The molecule has 1 aromatic heterocycles. The average Bonchev–Trinajstić information content (AvgIpc) is 3.43. The van der Waals surface area contributed by atoms with Gasteiger partial charge >= 0.3 is 0 Å². The van der Waals surface area contributed by atoms with E-state index >= 15 is 0 Å². The molecule has 5 atom stereocenters. The maximum absolute atomic E-state index is 13.3. The first-order valence-corrected chi connectivity index (χ1v) is 13.5. The van der Waals surface area contributed by atoms with Crippen molar-refractivity contribution in [3.8, 4) is 5.75 Å². The maximum atomic E-state index is 13.3. The molecule has 5 heteroatoms. The summed E-state index contributed by atoms with van der Waals surface area (Å²) in [5, 5.41) is 10.5. The Bertz CT molecular complexity index is 1170. The van der Waals surface area contributed by atoms with Gasteiger partial charge in [-0.25, -0.2) is 0 Å². The molecule has 0 radical (unpaired) electrons. The second-order valence-electron chi connectivity index (χ2n) is 12.1. The number of fused-ring (bicyclic) bond motifs is 2. The second kappa shape index (κ2) is 7.73. The Kier molecular flexibility index (Phi) is 4.80. The van der Waals surface area contributed by atoms with Gasteiger partial charge in [0.05, 0.1) is 12.5 Å². The lowest BCUT2D eigenvalue weighted by Crippen LogP contribution is -2.70. The van der Waals surface area contributed by atoms with Crippen LogP contribution in [0.2, 0.25) is 0 Å². The molecule has 0 unspecified atom stereocenters. The predicted molar refractivity (Wildman–Crippen MR) is 135 cm³/mol. The number of piperidine rings is 1. The Hall–Kier alpha value is -2.53. The zero-order valence-electron chi connectivity index (χ0n) is 20.7. The molecule has 2 bridgehead atoms. The van der Waals surface area contributed by atoms with E-state index in [-0.39, 0.29) is 22.8 Å². The Morgan fingerprint density at radius 1 is 1.23 bits per heavy atom. The number of aromatic hydroxyl groups is 1. The predicted octanol–water partition coefficient (Wildman–Crippen LogP) is 4.99. The molecule has 1 aromatic carbocycles. The number of likely N-dealkylation sites (N-methyl/N-ethyl adjacent to an activating group) is 1. The highest BCUT2D eigenvalue weighted by Crippen LogP contribution is 2.70. The summed E-state index contributed by atoms with van der Waals surface area (Å²) in [4.78, 5) is 18.2. The number of rotatable bonds is 5. The number of hydrogen-bond donors (Lipinski definition) is 1. The van der Waals surface area contributed by atoms with Crippen molar-refractivity contribution in [3.05, 3.63) is 59.6 Å². The van der Waals surface area contributed by atoms with Gasteiger partial charge in [0.15, 0.2) is 0 Å². The fraction of sp³-hybridized carbons (Fsp3) is 0.567. The van der Waals surface area contributed by atoms with Crippen LogP contribution in [0.4, 0.5) is 0 Å². The molecule has 2 heterocycles. The van der Waals surface area contributed by atoms with Crippen molar-refractivity contribution in [3.63, 3.8) is 0 Å². The molecule has 4 aliphatic carbocycles. The minimum Gasteiger partial charge on any atom is -0.508 e. The minimum atomic E-state index is 0.0518. The van der Waals surface area contributed by atoms with Crippen LogP contribution in [-0.4, -0.2) is 53.0 Å². The number of amides is 1. The highest BCUT2D eigenvalue weighted by molar-refractivity contribution is 5.91. The van der Waals surface area contributed by atoms with E-state index in [0.29, 0.717) is 17.7 Å². The lowest BCUT2D eigenvalue weighted by atomic mass is 9.44. The molecule has 1 saturated heterocycles. The largest absolute Gasteiger partial charge is 0.508 e. The maximum Gasteiger partial charge on any atom is 0.246 e. The van der Waals surface area contributed by atoms with Crippen molar-refractivity contribution in [2.45, 2.75) is 68.9 Å². The Balaban J connectivity index is 1.25. The van der Waals surface area contributed by atoms with Crippen LogP contribution in [0, 0.1) is 17.3 Å². The zero-order valence-corrected chi connectivity index (χ0v) is 20.7. The van der Waals surface area contributed by atoms with Gasteiger partial charge in [-0.2, -0.15) is 0 Å². The van der Waals surface area contributed by atoms with Gasteiger partial charge in [-0.05, 0) is 105 Å². The third-order valence-corrected chi connectivity index (χ3v) is 10.5. The molecule has 7 rings (SSSR count). The van der Waals surface area contributed by atoms with E-state index in [4.69, 9.17) is 4.42 Å². The number of nitrogens with zero attached hydrogens (tertiary/aromatic N) is 2. The normalized spacial score (nSPS) is 35.6. The van der Waals surface area contributed by atoms with Gasteiger partial charge in [-0.1, -0.05) is 6.07 Å². The van der Waals surface area contributed by atoms with Crippen LogP contribution in [0.3, 0.4) is 0 Å². The molecular formula is C30H36N2O3. The van der Waals surface area contributed by atoms with Gasteiger partial charge < -0.3 is 14.4 Å². The van der Waals surface area contributed by atoms with E-state index in [9.17, 15) is 9.90 Å². The number of likely N-dealkylation sites (tertiary alicyclic amines) is 1. The van der Waals surface area contributed by atoms with E-state index in [1.807, 2.05) is 30.2 Å². The number of phenols is 1. The number of carbonyl (C=O) groups excluding carboxylic acids is 1. The number of benzene rings is 1. The van der Waals surface area contributed by atoms with Gasteiger partial charge in [0.1, 0.15) is 5.75 Å². The van der Waals surface area contributed by atoms with Crippen LogP contribution >= 0.6 is 0 Å². The lowest BCUT2D eigenvalue weighted by molar-refractivity contribution is -0.151. The first-order valence-electron chi connectivity index (χ1n) is 13.5. The molecular weight excluding hydrogens is 436 g/mol.